The molecular formula is C74H108O4. The van der Waals surface area contributed by atoms with E-state index >= 15 is 0 Å². The summed E-state index contributed by atoms with van der Waals surface area (Å²) in [5.74, 6) is 1.67. The van der Waals surface area contributed by atoms with Crippen LogP contribution in [0.3, 0.4) is 0 Å². The van der Waals surface area contributed by atoms with Gasteiger partial charge in [0.05, 0.1) is 0 Å². The van der Waals surface area contributed by atoms with Crippen molar-refractivity contribution in [1.29, 1.82) is 0 Å². The Labute approximate surface area is 478 Å². The van der Waals surface area contributed by atoms with E-state index in [0.29, 0.717) is 0 Å². The number of fused-ring (bicyclic) bond motifs is 5. The molecule has 0 heterocycles. The largest absolute Gasteiger partial charge is 0.400 e. The van der Waals surface area contributed by atoms with Crippen molar-refractivity contribution in [3.63, 3.8) is 0 Å². The third-order valence-corrected chi connectivity index (χ3v) is 7.93. The Morgan fingerprint density at radius 2 is 0.333 bits per heavy atom. The first-order valence-corrected chi connectivity index (χ1v) is 27.7. The number of aliphatic hydroxyl groups excluding tert-OH is 4. The molecule has 0 radical (unpaired) electrons. The van der Waals surface area contributed by atoms with Crippen molar-refractivity contribution in [3.8, 4) is 0 Å². The Morgan fingerprint density at radius 1 is 0.218 bits per heavy atom. The lowest BCUT2D eigenvalue weighted by molar-refractivity contribution is 0.399. The van der Waals surface area contributed by atoms with Crippen LogP contribution in [0.25, 0.3) is 43.1 Å². The van der Waals surface area contributed by atoms with E-state index in [1.807, 2.05) is 173 Å². The number of benzene rings is 10. The van der Waals surface area contributed by atoms with E-state index in [9.17, 15) is 0 Å². The molecule has 0 bridgehead atoms. The molecule has 0 fully saturated rings. The summed E-state index contributed by atoms with van der Waals surface area (Å²) >= 11 is 0. The molecule has 0 saturated heterocycles. The lowest BCUT2D eigenvalue weighted by atomic mass is 10.0. The number of hydrogen-bond acceptors (Lipinski definition) is 4. The SMILES string of the molecule is CC.CC.CC(C)C.CC(C)C.CCC.CCC.CO.CO.CO.CO.c1ccc2c(c1)ccc1ccccc12.c1ccc2cc3ccccc3cc2c1.c1ccccc1.c1ccccc1.c1ccccc1.c1ccccc1. The molecule has 10 aromatic rings. The minimum absolute atomic E-state index is 0.833. The molecule has 0 aliphatic carbocycles. The van der Waals surface area contributed by atoms with Gasteiger partial charge >= 0.3 is 0 Å². The van der Waals surface area contributed by atoms with Gasteiger partial charge in [-0.2, -0.15) is 0 Å². The molecule has 78 heavy (non-hydrogen) atoms. The van der Waals surface area contributed by atoms with Gasteiger partial charge in [0.25, 0.3) is 0 Å². The first-order valence-electron chi connectivity index (χ1n) is 27.7. The number of aliphatic hydroxyl groups is 4. The Bertz CT molecular complexity index is 2120. The van der Waals surface area contributed by atoms with Crippen molar-refractivity contribution in [3.05, 3.63) is 267 Å². The number of rotatable bonds is 0. The highest BCUT2D eigenvalue weighted by Gasteiger charge is 1.97. The number of hydrogen-bond donors (Lipinski definition) is 4. The molecule has 4 nitrogen and oxygen atoms in total. The average molecular weight is 1060 g/mol. The van der Waals surface area contributed by atoms with E-state index in [2.05, 4.69) is 191 Å². The van der Waals surface area contributed by atoms with Gasteiger partial charge in [-0.15, -0.1) is 0 Å². The standard InChI is InChI=1S/2C14H10.4C6H6.2C4H10.2C3H8.2C2H6.4CH4O/c1-3-7-13-11(5-1)9-10-12-6-2-4-8-14(12)13;1-2-6-12-10-14-8-4-3-7-13(14)9-11(12)5-1;4*1-2-4-6-5-3-1;2*1-4(2)3;2*1-3-2;6*1-2/h2*1-10H;4*1-6H;2*4H,1-3H3;2*3H2,1-2H3;2*1-2H3;4*2H,1H3. The predicted molar refractivity (Wildman–Crippen MR) is 357 cm³/mol. The van der Waals surface area contributed by atoms with Gasteiger partial charge in [-0.25, -0.2) is 0 Å². The maximum atomic E-state index is 7.00. The summed E-state index contributed by atoms with van der Waals surface area (Å²) in [5.41, 5.74) is 0. The summed E-state index contributed by atoms with van der Waals surface area (Å²) < 4.78 is 0. The summed E-state index contributed by atoms with van der Waals surface area (Å²) in [4.78, 5) is 0. The fourth-order valence-electron chi connectivity index (χ4n) is 5.38. The lowest BCUT2D eigenvalue weighted by Crippen LogP contribution is -1.75. The summed E-state index contributed by atoms with van der Waals surface area (Å²) in [6.07, 6.45) is 2.50. The third kappa shape index (κ3) is 52.5. The van der Waals surface area contributed by atoms with Crippen molar-refractivity contribution >= 4 is 43.1 Å². The molecule has 0 amide bonds. The van der Waals surface area contributed by atoms with Gasteiger partial charge < -0.3 is 20.4 Å². The second kappa shape index (κ2) is 70.1. The zero-order valence-electron chi connectivity index (χ0n) is 51.8. The smallest absolute Gasteiger partial charge is 0.0319 e. The average Bonchev–Trinajstić information content (AvgIpc) is 3.52. The second-order valence-corrected chi connectivity index (χ2v) is 16.6. The first-order chi connectivity index (χ1) is 38.2. The monoisotopic (exact) mass is 1060 g/mol. The second-order valence-electron chi connectivity index (χ2n) is 16.6. The van der Waals surface area contributed by atoms with Crippen LogP contribution in [0.1, 0.15) is 110 Å². The Morgan fingerprint density at radius 3 is 0.474 bits per heavy atom. The van der Waals surface area contributed by atoms with Crippen LogP contribution in [0.4, 0.5) is 0 Å². The summed E-state index contributed by atoms with van der Waals surface area (Å²) in [6, 6.07) is 90.8. The minimum Gasteiger partial charge on any atom is -0.400 e. The van der Waals surface area contributed by atoms with E-state index in [-0.39, 0.29) is 0 Å². The van der Waals surface area contributed by atoms with Gasteiger partial charge in [-0.3, -0.25) is 0 Å². The van der Waals surface area contributed by atoms with E-state index in [0.717, 1.165) is 40.3 Å². The highest BCUT2D eigenvalue weighted by Crippen LogP contribution is 2.25. The van der Waals surface area contributed by atoms with Crippen LogP contribution in [0.5, 0.6) is 0 Å². The topological polar surface area (TPSA) is 80.9 Å². The fourth-order valence-corrected chi connectivity index (χ4v) is 5.38. The summed E-state index contributed by atoms with van der Waals surface area (Å²) in [7, 11) is 4.00. The Balaban J connectivity index is -0.000000188. The predicted octanol–water partition coefficient (Wildman–Crippen LogP) is 21.4. The maximum absolute atomic E-state index is 7.00. The van der Waals surface area contributed by atoms with Crippen LogP contribution in [-0.2, 0) is 0 Å². The highest BCUT2D eigenvalue weighted by atomic mass is 16.2. The molecule has 0 aliphatic heterocycles. The van der Waals surface area contributed by atoms with Crippen molar-refractivity contribution in [2.45, 2.75) is 110 Å². The lowest BCUT2D eigenvalue weighted by Gasteiger charge is -2.02. The summed E-state index contributed by atoms with van der Waals surface area (Å²) in [5, 5.41) is 38.5. The molecule has 0 unspecified atom stereocenters. The van der Waals surface area contributed by atoms with Gasteiger partial charge in [0.1, 0.15) is 0 Å². The Hall–Kier alpha value is -6.92. The van der Waals surface area contributed by atoms with Crippen molar-refractivity contribution < 1.29 is 20.4 Å². The van der Waals surface area contributed by atoms with Gasteiger partial charge in [0.15, 0.2) is 0 Å². The van der Waals surface area contributed by atoms with Crippen LogP contribution in [0.2, 0.25) is 0 Å². The van der Waals surface area contributed by atoms with E-state index < -0.39 is 0 Å². The van der Waals surface area contributed by atoms with E-state index in [4.69, 9.17) is 20.4 Å². The Kier molecular flexibility index (Phi) is 74.1. The molecule has 4 heteroatoms. The molecule has 0 atom stereocenters. The quantitative estimate of drug-likeness (QED) is 0.0901. The highest BCUT2D eigenvalue weighted by molar-refractivity contribution is 6.07. The van der Waals surface area contributed by atoms with E-state index in [1.54, 1.807) is 0 Å². The van der Waals surface area contributed by atoms with Crippen LogP contribution in [-0.4, -0.2) is 48.9 Å². The van der Waals surface area contributed by atoms with Crippen LogP contribution >= 0.6 is 0 Å². The van der Waals surface area contributed by atoms with Gasteiger partial charge in [0.2, 0.25) is 0 Å². The van der Waals surface area contributed by atoms with Crippen molar-refractivity contribution in [2.75, 3.05) is 28.4 Å². The summed E-state index contributed by atoms with van der Waals surface area (Å²) in [6.45, 7) is 29.5. The fraction of sp³-hybridized carbons (Fsp3) is 0.297. The molecular weight excluding hydrogens is 953 g/mol. The van der Waals surface area contributed by atoms with Crippen LogP contribution < -0.4 is 0 Å². The molecule has 4 N–H and O–H groups in total. The van der Waals surface area contributed by atoms with Gasteiger partial charge in [0, 0.05) is 28.4 Å². The molecule has 0 saturated carbocycles. The molecule has 0 aromatic heterocycles. The van der Waals surface area contributed by atoms with Crippen molar-refractivity contribution in [2.24, 2.45) is 11.8 Å². The van der Waals surface area contributed by atoms with Gasteiger partial charge in [-0.05, 0) is 67.1 Å². The zero-order chi connectivity index (χ0) is 60.3. The van der Waals surface area contributed by atoms with E-state index in [1.165, 1.54) is 55.9 Å². The first kappa shape index (κ1) is 82.4. The zero-order valence-corrected chi connectivity index (χ0v) is 51.8. The van der Waals surface area contributed by atoms with Crippen molar-refractivity contribution in [1.82, 2.24) is 0 Å². The molecule has 0 aliphatic rings. The molecule has 10 rings (SSSR count). The van der Waals surface area contributed by atoms with Crippen LogP contribution in [0.15, 0.2) is 267 Å². The maximum Gasteiger partial charge on any atom is 0.0319 e. The molecule has 0 spiro atoms. The van der Waals surface area contributed by atoms with Gasteiger partial charge in [-0.1, -0.05) is 365 Å². The minimum atomic E-state index is 0.833. The normalized spacial score (nSPS) is 8.21. The third-order valence-electron chi connectivity index (χ3n) is 7.93. The molecule has 428 valence electrons. The van der Waals surface area contributed by atoms with Crippen LogP contribution in [0, 0.1) is 11.8 Å². The molecule has 10 aromatic carbocycles.